The molecular weight excluding hydrogens is 188 g/mol. The van der Waals surface area contributed by atoms with Gasteiger partial charge < -0.3 is 10.1 Å². The largest absolute Gasteiger partial charge is 0.489 e. The maximum atomic E-state index is 5.51. The summed E-state index contributed by atoms with van der Waals surface area (Å²) < 4.78 is 5.51. The van der Waals surface area contributed by atoms with E-state index in [4.69, 9.17) is 4.74 Å². The Kier molecular flexibility index (Phi) is 4.56. The van der Waals surface area contributed by atoms with Crippen LogP contribution in [0.3, 0.4) is 0 Å². The van der Waals surface area contributed by atoms with Gasteiger partial charge >= 0.3 is 0 Å². The van der Waals surface area contributed by atoms with Crippen molar-refractivity contribution in [2.75, 3.05) is 0 Å². The highest BCUT2D eigenvalue weighted by molar-refractivity contribution is 5.20. The topological polar surface area (TPSA) is 34.1 Å². The molecule has 3 nitrogen and oxygen atoms in total. The van der Waals surface area contributed by atoms with Gasteiger partial charge in [-0.15, -0.1) is 0 Å². The van der Waals surface area contributed by atoms with E-state index in [0.29, 0.717) is 6.04 Å². The molecule has 0 bridgehead atoms. The average molecular weight is 208 g/mol. The molecule has 0 amide bonds. The second-order valence-corrected chi connectivity index (χ2v) is 4.19. The van der Waals surface area contributed by atoms with E-state index in [0.717, 1.165) is 18.0 Å². The molecule has 0 aliphatic heterocycles. The van der Waals surface area contributed by atoms with Gasteiger partial charge in [0.1, 0.15) is 5.75 Å². The first kappa shape index (κ1) is 12.0. The van der Waals surface area contributed by atoms with Crippen LogP contribution in [0.1, 0.15) is 33.4 Å². The number of ether oxygens (including phenoxy) is 1. The van der Waals surface area contributed by atoms with E-state index in [1.165, 1.54) is 0 Å². The molecule has 1 aromatic heterocycles. The minimum Gasteiger partial charge on any atom is -0.489 e. The fourth-order valence-corrected chi connectivity index (χ4v) is 1.17. The van der Waals surface area contributed by atoms with Crippen molar-refractivity contribution < 1.29 is 4.74 Å². The Balaban J connectivity index is 2.49. The number of pyridine rings is 1. The van der Waals surface area contributed by atoms with E-state index in [9.17, 15) is 0 Å². The summed E-state index contributed by atoms with van der Waals surface area (Å²) >= 11 is 0. The summed E-state index contributed by atoms with van der Waals surface area (Å²) in [6.45, 7) is 9.06. The Morgan fingerprint density at radius 1 is 1.27 bits per heavy atom. The quantitative estimate of drug-likeness (QED) is 0.806. The van der Waals surface area contributed by atoms with Gasteiger partial charge in [-0.2, -0.15) is 0 Å². The van der Waals surface area contributed by atoms with Crippen molar-refractivity contribution in [1.29, 1.82) is 0 Å². The Morgan fingerprint density at radius 2 is 2.00 bits per heavy atom. The number of hydrogen-bond donors (Lipinski definition) is 1. The van der Waals surface area contributed by atoms with Gasteiger partial charge in [-0.25, -0.2) is 0 Å². The standard InChI is InChI=1S/C12H20N2O/c1-9(2)13-7-11-5-6-12(8-14-11)15-10(3)4/h5-6,8-10,13H,7H2,1-4H3. The van der Waals surface area contributed by atoms with E-state index in [2.05, 4.69) is 24.1 Å². The Bertz CT molecular complexity index is 280. The van der Waals surface area contributed by atoms with Crippen molar-refractivity contribution >= 4 is 0 Å². The first-order valence-corrected chi connectivity index (χ1v) is 5.43. The lowest BCUT2D eigenvalue weighted by Gasteiger charge is -2.10. The van der Waals surface area contributed by atoms with E-state index < -0.39 is 0 Å². The molecule has 0 fully saturated rings. The summed E-state index contributed by atoms with van der Waals surface area (Å²) in [5.41, 5.74) is 1.04. The number of hydrogen-bond acceptors (Lipinski definition) is 3. The highest BCUT2D eigenvalue weighted by Crippen LogP contribution is 2.10. The van der Waals surface area contributed by atoms with Crippen LogP contribution in [0.2, 0.25) is 0 Å². The van der Waals surface area contributed by atoms with Gasteiger partial charge in [-0.05, 0) is 26.0 Å². The van der Waals surface area contributed by atoms with Crippen molar-refractivity contribution in [2.45, 2.75) is 46.4 Å². The Labute approximate surface area is 91.9 Å². The number of rotatable bonds is 5. The molecule has 0 atom stereocenters. The molecule has 0 spiro atoms. The monoisotopic (exact) mass is 208 g/mol. The Hall–Kier alpha value is -1.09. The van der Waals surface area contributed by atoms with E-state index >= 15 is 0 Å². The fourth-order valence-electron chi connectivity index (χ4n) is 1.17. The second-order valence-electron chi connectivity index (χ2n) is 4.19. The first-order chi connectivity index (χ1) is 7.08. The fraction of sp³-hybridized carbons (Fsp3) is 0.583. The van der Waals surface area contributed by atoms with Gasteiger partial charge in [0, 0.05) is 12.6 Å². The van der Waals surface area contributed by atoms with Crippen molar-refractivity contribution in [3.8, 4) is 5.75 Å². The van der Waals surface area contributed by atoms with Gasteiger partial charge in [0.25, 0.3) is 0 Å². The van der Waals surface area contributed by atoms with Crippen molar-refractivity contribution in [3.05, 3.63) is 24.0 Å². The summed E-state index contributed by atoms with van der Waals surface area (Å²) in [7, 11) is 0. The zero-order valence-electron chi connectivity index (χ0n) is 9.95. The van der Waals surface area contributed by atoms with Crippen LogP contribution in [0.5, 0.6) is 5.75 Å². The van der Waals surface area contributed by atoms with Crippen LogP contribution in [0.4, 0.5) is 0 Å². The second kappa shape index (κ2) is 5.71. The molecule has 0 saturated carbocycles. The first-order valence-electron chi connectivity index (χ1n) is 5.43. The third-order valence-corrected chi connectivity index (χ3v) is 1.86. The molecule has 1 aromatic rings. The van der Waals surface area contributed by atoms with Crippen LogP contribution >= 0.6 is 0 Å². The van der Waals surface area contributed by atoms with Crippen molar-refractivity contribution in [3.63, 3.8) is 0 Å². The van der Waals surface area contributed by atoms with Crippen LogP contribution in [-0.4, -0.2) is 17.1 Å². The SMILES string of the molecule is CC(C)NCc1ccc(OC(C)C)cn1. The summed E-state index contributed by atoms with van der Waals surface area (Å²) in [6, 6.07) is 4.44. The molecule has 0 aliphatic carbocycles. The molecule has 1 N–H and O–H groups in total. The molecule has 0 saturated heterocycles. The summed E-state index contributed by atoms with van der Waals surface area (Å²) in [5, 5.41) is 3.32. The van der Waals surface area contributed by atoms with Gasteiger partial charge in [0.05, 0.1) is 18.0 Å². The van der Waals surface area contributed by atoms with Crippen LogP contribution in [0.25, 0.3) is 0 Å². The van der Waals surface area contributed by atoms with Crippen LogP contribution < -0.4 is 10.1 Å². The van der Waals surface area contributed by atoms with E-state index in [1.54, 1.807) is 6.20 Å². The van der Waals surface area contributed by atoms with Crippen LogP contribution in [0, 0.1) is 0 Å². The smallest absolute Gasteiger partial charge is 0.137 e. The molecular formula is C12H20N2O. The molecule has 3 heteroatoms. The lowest BCUT2D eigenvalue weighted by atomic mass is 10.3. The number of nitrogens with one attached hydrogen (secondary N) is 1. The third-order valence-electron chi connectivity index (χ3n) is 1.86. The van der Waals surface area contributed by atoms with Gasteiger partial charge in [0.2, 0.25) is 0 Å². The predicted molar refractivity (Wildman–Crippen MR) is 62.0 cm³/mol. The maximum absolute atomic E-state index is 5.51. The third kappa shape index (κ3) is 4.79. The lowest BCUT2D eigenvalue weighted by molar-refractivity contribution is 0.241. The van der Waals surface area contributed by atoms with Gasteiger partial charge in [-0.1, -0.05) is 13.8 Å². The summed E-state index contributed by atoms with van der Waals surface area (Å²) in [6.07, 6.45) is 1.98. The van der Waals surface area contributed by atoms with Crippen molar-refractivity contribution in [1.82, 2.24) is 10.3 Å². The molecule has 0 radical (unpaired) electrons. The van der Waals surface area contributed by atoms with Gasteiger partial charge in [0.15, 0.2) is 0 Å². The lowest BCUT2D eigenvalue weighted by Crippen LogP contribution is -2.22. The molecule has 15 heavy (non-hydrogen) atoms. The average Bonchev–Trinajstić information content (AvgIpc) is 2.16. The van der Waals surface area contributed by atoms with Crippen LogP contribution in [0.15, 0.2) is 18.3 Å². The minimum atomic E-state index is 0.200. The Morgan fingerprint density at radius 3 is 2.47 bits per heavy atom. The summed E-state index contributed by atoms with van der Waals surface area (Å²) in [5.74, 6) is 0.832. The zero-order valence-corrected chi connectivity index (χ0v) is 9.95. The molecule has 1 rings (SSSR count). The summed E-state index contributed by atoms with van der Waals surface area (Å²) in [4.78, 5) is 4.32. The highest BCUT2D eigenvalue weighted by Gasteiger charge is 1.99. The van der Waals surface area contributed by atoms with E-state index in [-0.39, 0.29) is 6.10 Å². The molecule has 84 valence electrons. The van der Waals surface area contributed by atoms with Gasteiger partial charge in [-0.3, -0.25) is 4.98 Å². The van der Waals surface area contributed by atoms with E-state index in [1.807, 2.05) is 26.0 Å². The zero-order chi connectivity index (χ0) is 11.3. The molecule has 0 aliphatic rings. The highest BCUT2D eigenvalue weighted by atomic mass is 16.5. The number of aromatic nitrogens is 1. The predicted octanol–water partition coefficient (Wildman–Crippen LogP) is 2.37. The van der Waals surface area contributed by atoms with Crippen LogP contribution in [-0.2, 0) is 6.54 Å². The normalized spacial score (nSPS) is 11.1. The number of nitrogens with zero attached hydrogens (tertiary/aromatic N) is 1. The molecule has 0 unspecified atom stereocenters. The minimum absolute atomic E-state index is 0.200. The maximum Gasteiger partial charge on any atom is 0.137 e. The molecule has 1 heterocycles. The van der Waals surface area contributed by atoms with Crippen molar-refractivity contribution in [2.24, 2.45) is 0 Å². The molecule has 0 aromatic carbocycles.